The summed E-state index contributed by atoms with van der Waals surface area (Å²) in [6, 6.07) is -9.38. The third-order valence-electron chi connectivity index (χ3n) is 9.31. The minimum Gasteiger partial charge on any atom is -0.480 e. The molecule has 64 heavy (non-hydrogen) atoms. The van der Waals surface area contributed by atoms with Crippen LogP contribution in [0, 0.1) is 11.8 Å². The lowest BCUT2D eigenvalue weighted by Gasteiger charge is -2.27. The zero-order valence-electron chi connectivity index (χ0n) is 35.9. The number of hydrogen-bond acceptors (Lipinski definition) is 15. The Labute approximate surface area is 380 Å². The van der Waals surface area contributed by atoms with Crippen LogP contribution >= 0.6 is 25.3 Å². The molecule has 16 N–H and O–H groups in total. The van der Waals surface area contributed by atoms with Crippen LogP contribution in [0.15, 0.2) is 12.5 Å². The molecule has 25 nitrogen and oxygen atoms in total. The SMILES string of the molecule is CC[C@H](C)[C@H](NC(=O)[C@H](Cc1cnc[nH]1)NC(=O)[C@H](CC(N)=O)NC(=O)CNC(=O)[C@H](CCC(N)=O)NC(=O)[C@@H](N)CS)C(=O)NCC(=O)N[C@@H](CC(C)C)C(=O)N[C@@H](CS)C(=O)O. The van der Waals surface area contributed by atoms with Crippen molar-refractivity contribution in [1.29, 1.82) is 0 Å². The Bertz CT molecular complexity index is 1800. The van der Waals surface area contributed by atoms with Gasteiger partial charge in [0.25, 0.3) is 0 Å². The Kier molecular flexibility index (Phi) is 25.1. The van der Waals surface area contributed by atoms with E-state index in [4.69, 9.17) is 17.2 Å². The molecule has 0 aliphatic carbocycles. The first-order valence-electron chi connectivity index (χ1n) is 20.1. The lowest BCUT2D eigenvalue weighted by Crippen LogP contribution is -2.60. The molecular weight excluding hydrogens is 883 g/mol. The van der Waals surface area contributed by atoms with Crippen molar-refractivity contribution < 1.29 is 57.8 Å². The number of carbonyl (C=O) groups excluding carboxylic acids is 10. The summed E-state index contributed by atoms with van der Waals surface area (Å²) < 4.78 is 0. The van der Waals surface area contributed by atoms with E-state index in [0.717, 1.165) is 0 Å². The summed E-state index contributed by atoms with van der Waals surface area (Å²) in [5, 5.41) is 28.4. The number of imidazole rings is 1. The highest BCUT2D eigenvalue weighted by atomic mass is 32.1. The molecule has 358 valence electrons. The van der Waals surface area contributed by atoms with Gasteiger partial charge in [0, 0.05) is 36.2 Å². The number of aromatic amines is 1. The molecular formula is C37H61N13O12S2. The van der Waals surface area contributed by atoms with Crippen LogP contribution in [-0.2, 0) is 59.2 Å². The third kappa shape index (κ3) is 20.9. The van der Waals surface area contributed by atoms with Gasteiger partial charge in [-0.05, 0) is 24.7 Å². The monoisotopic (exact) mass is 943 g/mol. The normalized spacial score (nSPS) is 14.7. The van der Waals surface area contributed by atoms with E-state index in [1.165, 1.54) is 12.5 Å². The van der Waals surface area contributed by atoms with Crippen molar-refractivity contribution in [3.05, 3.63) is 18.2 Å². The predicted octanol–water partition coefficient (Wildman–Crippen LogP) is -5.40. The Morgan fingerprint density at radius 2 is 1.23 bits per heavy atom. The van der Waals surface area contributed by atoms with E-state index >= 15 is 0 Å². The van der Waals surface area contributed by atoms with E-state index in [0.29, 0.717) is 12.1 Å². The van der Waals surface area contributed by atoms with Crippen molar-refractivity contribution in [3.63, 3.8) is 0 Å². The largest absolute Gasteiger partial charge is 0.480 e. The van der Waals surface area contributed by atoms with Crippen LogP contribution in [0.3, 0.4) is 0 Å². The fourth-order valence-corrected chi connectivity index (χ4v) is 6.01. The first kappa shape index (κ1) is 56.1. The van der Waals surface area contributed by atoms with Crippen molar-refractivity contribution in [2.24, 2.45) is 29.0 Å². The molecule has 0 bridgehead atoms. The van der Waals surface area contributed by atoms with E-state index < -0.39 is 133 Å². The van der Waals surface area contributed by atoms with Gasteiger partial charge in [0.15, 0.2) is 0 Å². The van der Waals surface area contributed by atoms with Crippen LogP contribution in [0.4, 0.5) is 0 Å². The summed E-state index contributed by atoms with van der Waals surface area (Å²) in [6.07, 6.45) is 1.57. The molecule has 1 rings (SSSR count). The number of amides is 10. The van der Waals surface area contributed by atoms with Crippen LogP contribution in [0.1, 0.15) is 65.5 Å². The van der Waals surface area contributed by atoms with Crippen molar-refractivity contribution in [2.75, 3.05) is 24.6 Å². The van der Waals surface area contributed by atoms with Gasteiger partial charge in [-0.25, -0.2) is 9.78 Å². The van der Waals surface area contributed by atoms with E-state index in [1.807, 2.05) is 0 Å². The van der Waals surface area contributed by atoms with Gasteiger partial charge in [-0.2, -0.15) is 25.3 Å². The predicted molar refractivity (Wildman–Crippen MR) is 234 cm³/mol. The molecule has 0 aliphatic rings. The summed E-state index contributed by atoms with van der Waals surface area (Å²) in [5.74, 6) is -11.1. The molecule has 1 aromatic rings. The molecule has 1 heterocycles. The summed E-state index contributed by atoms with van der Waals surface area (Å²) >= 11 is 7.86. The van der Waals surface area contributed by atoms with Gasteiger partial charge in [-0.15, -0.1) is 0 Å². The van der Waals surface area contributed by atoms with Gasteiger partial charge in [0.05, 0.1) is 31.9 Å². The standard InChI is InChI=1S/C37H61N13O12S2/c1-5-18(4)30(36(60)43-13-29(54)45-22(8-17(2)3)33(57)49-25(15-64)37(61)62)50-35(59)23(9-19-11-41-16-44-19)48-34(58)24(10-27(40)52)46-28(53)12-42-32(56)21(6-7-26(39)51)47-31(55)20(38)14-63/h11,16-18,20-25,30,63-64H,5-10,12-15,38H2,1-4H3,(H2,39,51)(H2,40,52)(H,41,44)(H,42,56)(H,43,60)(H,45,54)(H,46,53)(H,47,55)(H,48,58)(H,49,57)(H,50,59)(H,61,62)/t18-,20-,21-,22-,23-,24-,25-,30-/m0/s1. The number of nitrogens with one attached hydrogen (secondary N) is 9. The van der Waals surface area contributed by atoms with Crippen molar-refractivity contribution in [2.45, 2.75) is 109 Å². The van der Waals surface area contributed by atoms with Gasteiger partial charge in [0.2, 0.25) is 59.1 Å². The zero-order valence-corrected chi connectivity index (χ0v) is 37.7. The van der Waals surface area contributed by atoms with Gasteiger partial charge < -0.3 is 69.8 Å². The third-order valence-corrected chi connectivity index (χ3v) is 10.1. The number of carbonyl (C=O) groups is 11. The molecule has 1 aromatic heterocycles. The molecule has 8 atom stereocenters. The second-order valence-corrected chi connectivity index (χ2v) is 15.9. The lowest BCUT2D eigenvalue weighted by atomic mass is 9.97. The highest BCUT2D eigenvalue weighted by Gasteiger charge is 2.34. The average Bonchev–Trinajstić information content (AvgIpc) is 3.75. The minimum absolute atomic E-state index is 0.0682. The molecule has 0 saturated heterocycles. The first-order chi connectivity index (χ1) is 30.0. The smallest absolute Gasteiger partial charge is 0.327 e. The molecule has 27 heteroatoms. The summed E-state index contributed by atoms with van der Waals surface area (Å²) in [7, 11) is 0. The number of carboxylic acid groups (broad SMARTS) is 1. The van der Waals surface area contributed by atoms with Gasteiger partial charge >= 0.3 is 5.97 Å². The van der Waals surface area contributed by atoms with Crippen molar-refractivity contribution in [3.8, 4) is 0 Å². The molecule has 0 fully saturated rings. The van der Waals surface area contributed by atoms with Crippen molar-refractivity contribution in [1.82, 2.24) is 52.5 Å². The topological polar surface area (TPSA) is 411 Å². The number of aromatic nitrogens is 2. The van der Waals surface area contributed by atoms with Crippen molar-refractivity contribution >= 4 is 90.3 Å². The fraction of sp³-hybridized carbons (Fsp3) is 0.622. The van der Waals surface area contributed by atoms with Gasteiger partial charge in [-0.1, -0.05) is 34.1 Å². The average molecular weight is 944 g/mol. The van der Waals surface area contributed by atoms with Crippen LogP contribution in [0.2, 0.25) is 0 Å². The number of H-pyrrole nitrogens is 1. The summed E-state index contributed by atoms with van der Waals surface area (Å²) in [6.45, 7) is 5.49. The van der Waals surface area contributed by atoms with E-state index in [9.17, 15) is 57.8 Å². The number of hydrogen-bond donors (Lipinski definition) is 15. The van der Waals surface area contributed by atoms with Gasteiger partial charge in [-0.3, -0.25) is 47.9 Å². The molecule has 0 spiro atoms. The quantitative estimate of drug-likeness (QED) is 0.0321. The highest BCUT2D eigenvalue weighted by Crippen LogP contribution is 2.11. The van der Waals surface area contributed by atoms with Crippen LogP contribution in [0.25, 0.3) is 0 Å². The fourth-order valence-electron chi connectivity index (χ4n) is 5.60. The maximum absolute atomic E-state index is 13.9. The van der Waals surface area contributed by atoms with Crippen LogP contribution in [0.5, 0.6) is 0 Å². The number of rotatable bonds is 30. The summed E-state index contributed by atoms with van der Waals surface area (Å²) in [4.78, 5) is 147. The second kappa shape index (κ2) is 28.7. The maximum atomic E-state index is 13.9. The number of thiol groups is 2. The number of aliphatic carboxylic acids is 1. The number of nitrogens with zero attached hydrogens (tertiary/aromatic N) is 1. The molecule has 0 aromatic carbocycles. The summed E-state index contributed by atoms with van der Waals surface area (Å²) in [5.41, 5.74) is 16.5. The number of primary amides is 2. The zero-order chi connectivity index (χ0) is 48.7. The van der Waals surface area contributed by atoms with E-state index in [2.05, 4.69) is 77.8 Å². The Balaban J connectivity index is 3.19. The van der Waals surface area contributed by atoms with Gasteiger partial charge in [0.1, 0.15) is 36.3 Å². The van der Waals surface area contributed by atoms with E-state index in [-0.39, 0.29) is 43.1 Å². The number of nitrogens with two attached hydrogens (primary N) is 3. The Morgan fingerprint density at radius 3 is 1.73 bits per heavy atom. The second-order valence-electron chi connectivity index (χ2n) is 15.1. The first-order valence-corrected chi connectivity index (χ1v) is 21.4. The molecule has 0 saturated carbocycles. The van der Waals surface area contributed by atoms with Crippen LogP contribution < -0.4 is 59.7 Å². The molecule has 0 unspecified atom stereocenters. The molecule has 0 radical (unpaired) electrons. The Hall–Kier alpha value is -5.96. The highest BCUT2D eigenvalue weighted by molar-refractivity contribution is 7.80. The number of carboxylic acids is 1. The molecule has 0 aliphatic heterocycles. The van der Waals surface area contributed by atoms with E-state index in [1.54, 1.807) is 27.7 Å². The maximum Gasteiger partial charge on any atom is 0.327 e. The Morgan fingerprint density at radius 1 is 0.688 bits per heavy atom. The minimum atomic E-state index is -1.69. The lowest BCUT2D eigenvalue weighted by molar-refractivity contribution is -0.141. The van der Waals surface area contributed by atoms with Crippen LogP contribution in [-0.4, -0.2) is 147 Å². The molecule has 10 amide bonds.